The molecule has 0 spiro atoms. The predicted molar refractivity (Wildman–Crippen MR) is 157 cm³/mol. The van der Waals surface area contributed by atoms with Gasteiger partial charge in [0.1, 0.15) is 18.0 Å². The molecule has 1 amide bonds. The van der Waals surface area contributed by atoms with Gasteiger partial charge in [-0.15, -0.1) is 0 Å². The van der Waals surface area contributed by atoms with Gasteiger partial charge in [0.25, 0.3) is 5.91 Å². The number of hydrogen-bond acceptors (Lipinski definition) is 8. The number of likely N-dealkylation sites (N-methyl/N-ethyl adjacent to an activating group) is 1. The SMILES string of the molecule is CNc1cc(-n2nccc2Nc2cc(NC(=O)c3cc(N4CCN(C)[C@H](C)C4)cc(C(F)(F)F)c3)ccc2C)ncn1. The Bertz CT molecular complexity index is 1590. The van der Waals surface area contributed by atoms with Gasteiger partial charge >= 0.3 is 6.18 Å². The number of nitrogens with zero attached hydrogens (tertiary/aromatic N) is 6. The first kappa shape index (κ1) is 28.9. The molecule has 0 aliphatic carbocycles. The average Bonchev–Trinajstić information content (AvgIpc) is 3.43. The molecule has 1 saturated heterocycles. The topological polar surface area (TPSA) is 103 Å². The fourth-order valence-electron chi connectivity index (χ4n) is 4.73. The van der Waals surface area contributed by atoms with Crippen LogP contribution in [0.25, 0.3) is 5.82 Å². The highest BCUT2D eigenvalue weighted by Gasteiger charge is 2.33. The number of carbonyl (C=O) groups is 1. The van der Waals surface area contributed by atoms with Crippen LogP contribution in [0.1, 0.15) is 28.4 Å². The third kappa shape index (κ3) is 6.30. The van der Waals surface area contributed by atoms with Crippen LogP contribution in [0, 0.1) is 6.92 Å². The van der Waals surface area contributed by atoms with Crippen molar-refractivity contribution < 1.29 is 18.0 Å². The monoisotopic (exact) mass is 579 g/mol. The van der Waals surface area contributed by atoms with Crippen LogP contribution in [0.4, 0.5) is 41.9 Å². The Labute approximate surface area is 241 Å². The molecule has 0 radical (unpaired) electrons. The molecule has 3 N–H and O–H groups in total. The number of hydrogen-bond donors (Lipinski definition) is 3. The highest BCUT2D eigenvalue weighted by Crippen LogP contribution is 2.34. The van der Waals surface area contributed by atoms with Gasteiger partial charge in [-0.1, -0.05) is 6.07 Å². The summed E-state index contributed by atoms with van der Waals surface area (Å²) in [6.07, 6.45) is -1.54. The Balaban J connectivity index is 1.39. The second-order valence-electron chi connectivity index (χ2n) is 10.3. The molecular weight excluding hydrogens is 547 g/mol. The summed E-state index contributed by atoms with van der Waals surface area (Å²) in [5, 5.41) is 13.4. The number of aryl methyl sites for hydroxylation is 1. The molecule has 13 heteroatoms. The Morgan fingerprint density at radius 1 is 1.05 bits per heavy atom. The minimum absolute atomic E-state index is 0.0661. The van der Waals surface area contributed by atoms with Gasteiger partial charge in [-0.25, -0.2) is 9.97 Å². The minimum Gasteiger partial charge on any atom is -0.373 e. The van der Waals surface area contributed by atoms with E-state index in [0.717, 1.165) is 17.7 Å². The summed E-state index contributed by atoms with van der Waals surface area (Å²) in [6.45, 7) is 5.77. The zero-order chi connectivity index (χ0) is 30.0. The maximum Gasteiger partial charge on any atom is 0.416 e. The van der Waals surface area contributed by atoms with E-state index in [1.807, 2.05) is 31.9 Å². The van der Waals surface area contributed by atoms with Crippen molar-refractivity contribution in [3.05, 3.63) is 77.7 Å². The first-order chi connectivity index (χ1) is 20.0. The fraction of sp³-hybridized carbons (Fsp3) is 0.310. The van der Waals surface area contributed by atoms with E-state index in [9.17, 15) is 18.0 Å². The molecule has 1 atom stereocenters. The Kier molecular flexibility index (Phi) is 8.03. The zero-order valence-corrected chi connectivity index (χ0v) is 23.7. The third-order valence-corrected chi connectivity index (χ3v) is 7.36. The van der Waals surface area contributed by atoms with Crippen molar-refractivity contribution in [3.63, 3.8) is 0 Å². The molecule has 2 aromatic carbocycles. The molecule has 1 aliphatic rings. The molecule has 5 rings (SSSR count). The summed E-state index contributed by atoms with van der Waals surface area (Å²) in [5.41, 5.74) is 1.43. The molecule has 2 aromatic heterocycles. The zero-order valence-electron chi connectivity index (χ0n) is 23.7. The number of alkyl halides is 3. The molecular formula is C29H32F3N9O. The lowest BCUT2D eigenvalue weighted by atomic mass is 10.1. The van der Waals surface area contributed by atoms with E-state index in [4.69, 9.17) is 0 Å². The highest BCUT2D eigenvalue weighted by molar-refractivity contribution is 6.05. The second kappa shape index (κ2) is 11.7. The largest absolute Gasteiger partial charge is 0.416 e. The highest BCUT2D eigenvalue weighted by atomic mass is 19.4. The lowest BCUT2D eigenvalue weighted by Gasteiger charge is -2.39. The molecule has 220 valence electrons. The van der Waals surface area contributed by atoms with Crippen molar-refractivity contribution in [2.45, 2.75) is 26.1 Å². The fourth-order valence-corrected chi connectivity index (χ4v) is 4.73. The predicted octanol–water partition coefficient (Wildman–Crippen LogP) is 5.17. The number of aromatic nitrogens is 4. The van der Waals surface area contributed by atoms with E-state index in [2.05, 4.69) is 35.9 Å². The Hall–Kier alpha value is -4.65. The van der Waals surface area contributed by atoms with Gasteiger partial charge in [0.15, 0.2) is 5.82 Å². The maximum absolute atomic E-state index is 13.8. The van der Waals surface area contributed by atoms with Crippen LogP contribution in [0.2, 0.25) is 0 Å². The molecule has 0 saturated carbocycles. The number of rotatable bonds is 7. The lowest BCUT2D eigenvalue weighted by Crippen LogP contribution is -2.50. The van der Waals surface area contributed by atoms with Gasteiger partial charge in [-0.05, 0) is 56.8 Å². The molecule has 0 unspecified atom stereocenters. The molecule has 3 heterocycles. The molecule has 42 heavy (non-hydrogen) atoms. The Morgan fingerprint density at radius 3 is 2.60 bits per heavy atom. The van der Waals surface area contributed by atoms with E-state index in [0.29, 0.717) is 54.2 Å². The van der Waals surface area contributed by atoms with Crippen molar-refractivity contribution in [1.29, 1.82) is 0 Å². The van der Waals surface area contributed by atoms with E-state index in [1.165, 1.54) is 12.4 Å². The summed E-state index contributed by atoms with van der Waals surface area (Å²) < 4.78 is 43.1. The van der Waals surface area contributed by atoms with E-state index in [-0.39, 0.29) is 11.6 Å². The molecule has 0 bridgehead atoms. The summed E-state index contributed by atoms with van der Waals surface area (Å²) >= 11 is 0. The van der Waals surface area contributed by atoms with E-state index >= 15 is 0 Å². The normalized spacial score (nSPS) is 15.9. The van der Waals surface area contributed by atoms with E-state index < -0.39 is 17.6 Å². The number of piperazine rings is 1. The first-order valence-corrected chi connectivity index (χ1v) is 13.4. The minimum atomic E-state index is -4.59. The van der Waals surface area contributed by atoms with Crippen molar-refractivity contribution >= 4 is 34.6 Å². The number of benzene rings is 2. The molecule has 1 aliphatic heterocycles. The van der Waals surface area contributed by atoms with Gasteiger partial charge in [-0.3, -0.25) is 4.79 Å². The van der Waals surface area contributed by atoms with Crippen molar-refractivity contribution in [2.75, 3.05) is 54.6 Å². The summed E-state index contributed by atoms with van der Waals surface area (Å²) in [4.78, 5) is 25.8. The summed E-state index contributed by atoms with van der Waals surface area (Å²) in [5.74, 6) is 1.15. The number of amides is 1. The van der Waals surface area contributed by atoms with Crippen LogP contribution in [0.15, 0.2) is 61.1 Å². The molecule has 4 aromatic rings. The van der Waals surface area contributed by atoms with Gasteiger partial charge < -0.3 is 25.8 Å². The second-order valence-corrected chi connectivity index (χ2v) is 10.3. The summed E-state index contributed by atoms with van der Waals surface area (Å²) in [7, 11) is 3.74. The summed E-state index contributed by atoms with van der Waals surface area (Å²) in [6, 6.07) is 12.5. The van der Waals surface area contributed by atoms with Gasteiger partial charge in [0.05, 0.1) is 11.8 Å². The maximum atomic E-state index is 13.8. The number of carbonyl (C=O) groups excluding carboxylic acids is 1. The van der Waals surface area contributed by atoms with Crippen molar-refractivity contribution in [3.8, 4) is 5.82 Å². The standard InChI is InChI=1S/C29H32F3N9O/c1-18-5-6-22(14-24(18)38-26-7-8-36-41(26)27-15-25(33-3)34-17-35-27)37-28(42)20-11-21(29(30,31)32)13-23(12-20)40-10-9-39(4)19(2)16-40/h5-8,11-15,17,19,38H,9-10,16H2,1-4H3,(H,37,42)(H,33,34,35)/t19-/m1/s1. The van der Waals surface area contributed by atoms with E-state index in [1.54, 1.807) is 42.2 Å². The van der Waals surface area contributed by atoms with Crippen molar-refractivity contribution in [1.82, 2.24) is 24.6 Å². The van der Waals surface area contributed by atoms with Crippen LogP contribution >= 0.6 is 0 Å². The smallest absolute Gasteiger partial charge is 0.373 e. The third-order valence-electron chi connectivity index (χ3n) is 7.36. The Morgan fingerprint density at radius 2 is 1.86 bits per heavy atom. The van der Waals surface area contributed by atoms with Crippen LogP contribution in [0.3, 0.4) is 0 Å². The average molecular weight is 580 g/mol. The number of halogens is 3. The van der Waals surface area contributed by atoms with Crippen LogP contribution in [-0.4, -0.2) is 70.3 Å². The van der Waals surface area contributed by atoms with Gasteiger partial charge in [-0.2, -0.15) is 23.0 Å². The molecule has 10 nitrogen and oxygen atoms in total. The number of nitrogens with one attached hydrogen (secondary N) is 3. The quantitative estimate of drug-likeness (QED) is 0.276. The van der Waals surface area contributed by atoms with Crippen LogP contribution in [-0.2, 0) is 6.18 Å². The number of anilines is 5. The first-order valence-electron chi connectivity index (χ1n) is 13.4. The van der Waals surface area contributed by atoms with Crippen LogP contribution in [0.5, 0.6) is 0 Å². The van der Waals surface area contributed by atoms with Crippen molar-refractivity contribution in [2.24, 2.45) is 0 Å². The molecule has 1 fully saturated rings. The van der Waals surface area contributed by atoms with Gasteiger partial charge in [0.2, 0.25) is 0 Å². The lowest BCUT2D eigenvalue weighted by molar-refractivity contribution is -0.137. The van der Waals surface area contributed by atoms with Crippen LogP contribution < -0.4 is 20.9 Å². The van der Waals surface area contributed by atoms with Gasteiger partial charge in [0, 0.05) is 67.5 Å².